The normalized spacial score (nSPS) is 18.7. The Hall–Kier alpha value is -2.21. The predicted octanol–water partition coefficient (Wildman–Crippen LogP) is 4.74. The molecular weight excluding hydrogens is 389 g/mol. The Morgan fingerprint density at radius 3 is 2.19 bits per heavy atom. The van der Waals surface area contributed by atoms with Crippen LogP contribution in [0.15, 0.2) is 47.9 Å². The highest BCUT2D eigenvalue weighted by atomic mass is 19.1. The van der Waals surface area contributed by atoms with Gasteiger partial charge in [-0.2, -0.15) is 0 Å². The third-order valence-corrected chi connectivity index (χ3v) is 5.79. The number of aromatic nitrogens is 1. The molecular formula is C25H40FN5. The van der Waals surface area contributed by atoms with Crippen LogP contribution in [-0.2, 0) is 0 Å². The number of likely N-dealkylation sites (N-methyl/N-ethyl adjacent to an activating group) is 1. The van der Waals surface area contributed by atoms with Crippen molar-refractivity contribution < 1.29 is 4.39 Å². The van der Waals surface area contributed by atoms with E-state index in [4.69, 9.17) is 0 Å². The summed E-state index contributed by atoms with van der Waals surface area (Å²) in [6.07, 6.45) is 3.72. The third-order valence-electron chi connectivity index (χ3n) is 5.79. The molecule has 1 aromatic heterocycles. The molecule has 0 unspecified atom stereocenters. The fourth-order valence-electron chi connectivity index (χ4n) is 3.28. The highest BCUT2D eigenvalue weighted by Crippen LogP contribution is 2.27. The number of aliphatic imine (C=N–C) groups is 1. The van der Waals surface area contributed by atoms with Crippen molar-refractivity contribution in [2.24, 2.45) is 10.9 Å². The second-order valence-corrected chi connectivity index (χ2v) is 9.57. The maximum atomic E-state index is 13.2. The summed E-state index contributed by atoms with van der Waals surface area (Å²) in [7, 11) is 2.17. The molecule has 0 atom stereocenters. The monoisotopic (exact) mass is 429 g/mol. The first-order valence-electron chi connectivity index (χ1n) is 11.2. The van der Waals surface area contributed by atoms with Crippen molar-refractivity contribution in [1.29, 1.82) is 0 Å². The van der Waals surface area contributed by atoms with Crippen LogP contribution < -0.4 is 4.90 Å². The van der Waals surface area contributed by atoms with Gasteiger partial charge < -0.3 is 14.7 Å². The van der Waals surface area contributed by atoms with Crippen LogP contribution in [0.5, 0.6) is 0 Å². The van der Waals surface area contributed by atoms with Crippen LogP contribution in [0.4, 0.5) is 10.2 Å². The number of hydrogen-bond donors (Lipinski definition) is 0. The molecule has 3 heterocycles. The average Bonchev–Trinajstić information content (AvgIpc) is 2.71. The molecule has 0 saturated carbocycles. The lowest BCUT2D eigenvalue weighted by atomic mass is 9.99. The van der Waals surface area contributed by atoms with Crippen molar-refractivity contribution >= 4 is 12.0 Å². The second kappa shape index (κ2) is 10.9. The number of hydrogen-bond acceptors (Lipinski definition) is 5. The van der Waals surface area contributed by atoms with E-state index in [0.29, 0.717) is 30.7 Å². The van der Waals surface area contributed by atoms with Crippen molar-refractivity contribution in [2.75, 3.05) is 51.2 Å². The van der Waals surface area contributed by atoms with Crippen LogP contribution in [0.25, 0.3) is 0 Å². The second-order valence-electron chi connectivity index (χ2n) is 9.57. The van der Waals surface area contributed by atoms with Crippen LogP contribution in [-0.4, -0.2) is 73.0 Å². The largest absolute Gasteiger partial charge is 0.354 e. The molecule has 2 aliphatic heterocycles. The Morgan fingerprint density at radius 1 is 1.13 bits per heavy atom. The van der Waals surface area contributed by atoms with Gasteiger partial charge in [-0.05, 0) is 43.0 Å². The SMILES string of the molecule is C=C(/C=N\C(=C)N1CC(C)(F)C1)C(C)C.CC(C)c1ccc(N2CCN(C)CC2)nc1. The third kappa shape index (κ3) is 7.76. The fraction of sp³-hybridized carbons (Fsp3) is 0.600. The molecule has 5 nitrogen and oxygen atoms in total. The maximum absolute atomic E-state index is 13.2. The number of piperazine rings is 1. The minimum atomic E-state index is -1.08. The zero-order chi connectivity index (χ0) is 23.2. The number of nitrogens with zero attached hydrogens (tertiary/aromatic N) is 5. The Kier molecular flexibility index (Phi) is 8.80. The molecule has 1 aromatic rings. The molecule has 31 heavy (non-hydrogen) atoms. The van der Waals surface area contributed by atoms with Crippen molar-refractivity contribution in [3.05, 3.63) is 48.4 Å². The van der Waals surface area contributed by atoms with E-state index in [9.17, 15) is 4.39 Å². The smallest absolute Gasteiger partial charge is 0.143 e. The standard InChI is InChI=1S/C13H21N3.C12H19FN2/c1-11(2)12-4-5-13(14-10-12)16-8-6-15(3)7-9-16;1-9(2)10(3)6-14-11(4)15-7-12(5,13)8-15/h4-5,10-11H,6-9H2,1-3H3;6,9H,3-4,7-8H2,1-2,5H3/b;14-6-. The van der Waals surface area contributed by atoms with E-state index in [-0.39, 0.29) is 0 Å². The number of anilines is 1. The van der Waals surface area contributed by atoms with Gasteiger partial charge >= 0.3 is 0 Å². The number of alkyl halides is 1. The molecule has 0 spiro atoms. The van der Waals surface area contributed by atoms with E-state index in [1.165, 1.54) is 5.56 Å². The van der Waals surface area contributed by atoms with Gasteiger partial charge in [0.05, 0.1) is 13.1 Å². The molecule has 0 aromatic carbocycles. The highest BCUT2D eigenvalue weighted by Gasteiger charge is 2.39. The van der Waals surface area contributed by atoms with Crippen molar-refractivity contribution in [3.63, 3.8) is 0 Å². The average molecular weight is 430 g/mol. The minimum absolute atomic E-state index is 0.379. The molecule has 172 valence electrons. The first-order valence-corrected chi connectivity index (χ1v) is 11.2. The van der Waals surface area contributed by atoms with Gasteiger partial charge in [0, 0.05) is 38.6 Å². The summed E-state index contributed by atoms with van der Waals surface area (Å²) in [4.78, 5) is 15.3. The van der Waals surface area contributed by atoms with E-state index < -0.39 is 5.67 Å². The van der Waals surface area contributed by atoms with Crippen molar-refractivity contribution in [1.82, 2.24) is 14.8 Å². The van der Waals surface area contributed by atoms with E-state index >= 15 is 0 Å². The molecule has 0 radical (unpaired) electrons. The van der Waals surface area contributed by atoms with Gasteiger partial charge in [-0.25, -0.2) is 14.4 Å². The maximum Gasteiger partial charge on any atom is 0.143 e. The van der Waals surface area contributed by atoms with Gasteiger partial charge in [0.25, 0.3) is 0 Å². The van der Waals surface area contributed by atoms with E-state index in [2.05, 4.69) is 79.8 Å². The minimum Gasteiger partial charge on any atom is -0.354 e. The van der Waals surface area contributed by atoms with Crippen LogP contribution in [0.3, 0.4) is 0 Å². The zero-order valence-electron chi connectivity index (χ0n) is 20.2. The molecule has 2 fully saturated rings. The van der Waals surface area contributed by atoms with E-state index in [1.54, 1.807) is 13.1 Å². The van der Waals surface area contributed by atoms with Gasteiger partial charge in [0.15, 0.2) is 0 Å². The summed E-state index contributed by atoms with van der Waals surface area (Å²) in [5.41, 5.74) is 1.20. The zero-order valence-corrected chi connectivity index (χ0v) is 20.2. The lowest BCUT2D eigenvalue weighted by Crippen LogP contribution is -2.55. The molecule has 6 heteroatoms. The number of rotatable bonds is 6. The first-order chi connectivity index (χ1) is 14.5. The lowest BCUT2D eigenvalue weighted by molar-refractivity contribution is 0.00620. The van der Waals surface area contributed by atoms with Gasteiger partial charge in [0.2, 0.25) is 0 Å². The summed E-state index contributed by atoms with van der Waals surface area (Å²) in [6, 6.07) is 4.35. The van der Waals surface area contributed by atoms with Gasteiger partial charge in [-0.3, -0.25) is 0 Å². The Bertz CT molecular complexity index is 751. The summed E-state index contributed by atoms with van der Waals surface area (Å²) in [5.74, 6) is 2.68. The quantitative estimate of drug-likeness (QED) is 0.612. The van der Waals surface area contributed by atoms with E-state index in [1.807, 2.05) is 11.1 Å². The molecule has 0 aliphatic carbocycles. The molecule has 2 aliphatic rings. The summed E-state index contributed by atoms with van der Waals surface area (Å²) < 4.78 is 13.2. The fourth-order valence-corrected chi connectivity index (χ4v) is 3.28. The van der Waals surface area contributed by atoms with Crippen LogP contribution in [0, 0.1) is 5.92 Å². The highest BCUT2D eigenvalue weighted by molar-refractivity contribution is 5.78. The molecule has 0 amide bonds. The van der Waals surface area contributed by atoms with Crippen LogP contribution in [0.1, 0.15) is 46.1 Å². The Morgan fingerprint density at radius 2 is 1.74 bits per heavy atom. The van der Waals surface area contributed by atoms with Crippen LogP contribution >= 0.6 is 0 Å². The number of allylic oxidation sites excluding steroid dienone is 1. The van der Waals surface area contributed by atoms with Gasteiger partial charge in [-0.15, -0.1) is 0 Å². The Labute approximate surface area is 188 Å². The summed E-state index contributed by atoms with van der Waals surface area (Å²) >= 11 is 0. The Balaban J connectivity index is 0.000000221. The molecule has 2 saturated heterocycles. The van der Waals surface area contributed by atoms with Crippen molar-refractivity contribution in [2.45, 2.75) is 46.2 Å². The van der Waals surface area contributed by atoms with Gasteiger partial charge in [-0.1, -0.05) is 46.9 Å². The molecule has 3 rings (SSSR count). The van der Waals surface area contributed by atoms with Crippen LogP contribution in [0.2, 0.25) is 0 Å². The number of halogens is 1. The lowest BCUT2D eigenvalue weighted by Gasteiger charge is -2.43. The predicted molar refractivity (Wildman–Crippen MR) is 131 cm³/mol. The van der Waals surface area contributed by atoms with Gasteiger partial charge in [0.1, 0.15) is 17.3 Å². The van der Waals surface area contributed by atoms with E-state index in [0.717, 1.165) is 37.6 Å². The number of likely N-dealkylation sites (tertiary alicyclic amines) is 1. The topological polar surface area (TPSA) is 35.0 Å². The molecule has 0 N–H and O–H groups in total. The summed E-state index contributed by atoms with van der Waals surface area (Å²) in [5, 5.41) is 0. The first kappa shape index (κ1) is 25.1. The summed E-state index contributed by atoms with van der Waals surface area (Å²) in [6.45, 7) is 23.0. The molecule has 0 bridgehead atoms. The number of pyridine rings is 1. The van der Waals surface area contributed by atoms with Crippen molar-refractivity contribution in [3.8, 4) is 0 Å².